The predicted molar refractivity (Wildman–Crippen MR) is 69.2 cm³/mol. The van der Waals surface area contributed by atoms with Gasteiger partial charge in [-0.15, -0.1) is 5.10 Å². The van der Waals surface area contributed by atoms with Crippen LogP contribution in [0.5, 0.6) is 0 Å². The molecule has 0 radical (unpaired) electrons. The number of anilines is 1. The van der Waals surface area contributed by atoms with E-state index in [1.54, 1.807) is 6.07 Å². The molecule has 8 heteroatoms. The van der Waals surface area contributed by atoms with Gasteiger partial charge in [-0.25, -0.2) is 13.5 Å². The number of alkyl halides is 2. The second kappa shape index (κ2) is 6.38. The highest BCUT2D eigenvalue weighted by molar-refractivity contribution is 5.67. The molecule has 0 unspecified atom stereocenters. The minimum Gasteiger partial charge on any atom is -0.398 e. The molecule has 0 saturated carbocycles. The molecule has 2 rings (SSSR count). The van der Waals surface area contributed by atoms with Crippen molar-refractivity contribution in [3.8, 4) is 11.4 Å². The van der Waals surface area contributed by atoms with Gasteiger partial charge in [0.2, 0.25) is 0 Å². The van der Waals surface area contributed by atoms with E-state index >= 15 is 0 Å². The third-order valence-corrected chi connectivity index (χ3v) is 2.84. The van der Waals surface area contributed by atoms with Crippen molar-refractivity contribution in [2.75, 3.05) is 18.9 Å². The number of hydrogen-bond acceptors (Lipinski definition) is 5. The third-order valence-electron chi connectivity index (χ3n) is 2.84. The van der Waals surface area contributed by atoms with E-state index in [1.807, 2.05) is 19.1 Å². The Labute approximate surface area is 114 Å². The standard InChI is InChI=1S/C12H15F2N5O/c1-8-9(3-2-4-10(8)15)12-16-17-18-19(12)5-6-20-7-11(13)14/h2-4,11H,5-7,15H2,1H3. The van der Waals surface area contributed by atoms with Crippen molar-refractivity contribution in [3.05, 3.63) is 23.8 Å². The van der Waals surface area contributed by atoms with Crippen molar-refractivity contribution in [2.45, 2.75) is 19.9 Å². The van der Waals surface area contributed by atoms with E-state index in [9.17, 15) is 8.78 Å². The number of nitrogen functional groups attached to an aromatic ring is 1. The average Bonchev–Trinajstić information content (AvgIpc) is 2.86. The number of rotatable bonds is 6. The molecular weight excluding hydrogens is 268 g/mol. The minimum absolute atomic E-state index is 0.115. The van der Waals surface area contributed by atoms with Crippen LogP contribution < -0.4 is 5.73 Å². The number of aromatic nitrogens is 4. The number of nitrogens with zero attached hydrogens (tertiary/aromatic N) is 4. The van der Waals surface area contributed by atoms with E-state index in [0.717, 1.165) is 11.1 Å². The molecule has 0 aliphatic carbocycles. The Kier molecular flexibility index (Phi) is 4.57. The van der Waals surface area contributed by atoms with Gasteiger partial charge in [0.25, 0.3) is 6.43 Å². The van der Waals surface area contributed by atoms with E-state index in [4.69, 9.17) is 10.5 Å². The lowest BCUT2D eigenvalue weighted by molar-refractivity contribution is 0.0140. The molecule has 0 amide bonds. The number of hydrogen-bond donors (Lipinski definition) is 1. The molecule has 0 bridgehead atoms. The largest absolute Gasteiger partial charge is 0.398 e. The Hall–Kier alpha value is -2.09. The van der Waals surface area contributed by atoms with Gasteiger partial charge in [-0.3, -0.25) is 0 Å². The highest BCUT2D eigenvalue weighted by Crippen LogP contribution is 2.24. The van der Waals surface area contributed by atoms with Gasteiger partial charge in [0, 0.05) is 11.3 Å². The summed E-state index contributed by atoms with van der Waals surface area (Å²) in [6, 6.07) is 5.45. The quantitative estimate of drug-likeness (QED) is 0.642. The fraction of sp³-hybridized carbons (Fsp3) is 0.417. The predicted octanol–water partition coefficient (Wildman–Crippen LogP) is 1.51. The van der Waals surface area contributed by atoms with Crippen LogP contribution in [0.4, 0.5) is 14.5 Å². The van der Waals surface area contributed by atoms with E-state index in [-0.39, 0.29) is 6.61 Å². The van der Waals surface area contributed by atoms with Crippen LogP contribution in [0.15, 0.2) is 18.2 Å². The molecule has 0 aliphatic heterocycles. The molecule has 20 heavy (non-hydrogen) atoms. The highest BCUT2D eigenvalue weighted by Gasteiger charge is 2.12. The maximum atomic E-state index is 12.0. The smallest absolute Gasteiger partial charge is 0.261 e. The molecule has 0 fully saturated rings. The zero-order valence-corrected chi connectivity index (χ0v) is 11.0. The minimum atomic E-state index is -2.47. The molecule has 0 saturated heterocycles. The van der Waals surface area contributed by atoms with E-state index in [0.29, 0.717) is 18.1 Å². The molecule has 2 N–H and O–H groups in total. The molecule has 108 valence electrons. The van der Waals surface area contributed by atoms with E-state index in [1.165, 1.54) is 4.68 Å². The SMILES string of the molecule is Cc1c(N)cccc1-c1nnnn1CCOCC(F)F. The van der Waals surface area contributed by atoms with Crippen LogP contribution >= 0.6 is 0 Å². The molecule has 1 aromatic carbocycles. The summed E-state index contributed by atoms with van der Waals surface area (Å²) in [5, 5.41) is 11.4. The molecule has 6 nitrogen and oxygen atoms in total. The summed E-state index contributed by atoms with van der Waals surface area (Å²) < 4.78 is 30.2. The number of halogens is 2. The number of benzene rings is 1. The van der Waals surface area contributed by atoms with Crippen molar-refractivity contribution in [1.82, 2.24) is 20.2 Å². The van der Waals surface area contributed by atoms with E-state index < -0.39 is 13.0 Å². The topological polar surface area (TPSA) is 78.9 Å². The fourth-order valence-electron chi connectivity index (χ4n) is 1.77. The zero-order valence-electron chi connectivity index (χ0n) is 11.0. The van der Waals surface area contributed by atoms with Gasteiger partial charge in [0.15, 0.2) is 5.82 Å². The summed E-state index contributed by atoms with van der Waals surface area (Å²) >= 11 is 0. The molecule has 1 heterocycles. The van der Waals surface area contributed by atoms with Gasteiger partial charge in [-0.2, -0.15) is 0 Å². The molecule has 0 aliphatic rings. The number of nitrogens with two attached hydrogens (primary N) is 1. The summed E-state index contributed by atoms with van der Waals surface area (Å²) in [5.74, 6) is 0.537. The van der Waals surface area contributed by atoms with Crippen molar-refractivity contribution in [3.63, 3.8) is 0 Å². The Bertz CT molecular complexity index is 573. The zero-order chi connectivity index (χ0) is 14.5. The Morgan fingerprint density at radius 1 is 1.40 bits per heavy atom. The second-order valence-corrected chi connectivity index (χ2v) is 4.21. The molecule has 1 aromatic heterocycles. The van der Waals surface area contributed by atoms with Gasteiger partial charge in [0.05, 0.1) is 13.2 Å². The Balaban J connectivity index is 2.10. The van der Waals surface area contributed by atoms with Gasteiger partial charge < -0.3 is 10.5 Å². The summed E-state index contributed by atoms with van der Waals surface area (Å²) in [5.41, 5.74) is 8.17. The van der Waals surface area contributed by atoms with Crippen molar-refractivity contribution >= 4 is 5.69 Å². The van der Waals surface area contributed by atoms with Gasteiger partial charge in [0.1, 0.15) is 6.61 Å². The molecule has 0 spiro atoms. The maximum absolute atomic E-state index is 12.0. The van der Waals surface area contributed by atoms with Crippen LogP contribution in [0.2, 0.25) is 0 Å². The molecule has 0 atom stereocenters. The number of ether oxygens (including phenoxy) is 1. The van der Waals surface area contributed by atoms with Gasteiger partial charge in [-0.05, 0) is 29.0 Å². The van der Waals surface area contributed by atoms with E-state index in [2.05, 4.69) is 15.5 Å². The van der Waals surface area contributed by atoms with Crippen molar-refractivity contribution in [1.29, 1.82) is 0 Å². The Morgan fingerprint density at radius 2 is 2.20 bits per heavy atom. The van der Waals surface area contributed by atoms with Crippen LogP contribution in [-0.4, -0.2) is 39.8 Å². The summed E-state index contributed by atoms with van der Waals surface area (Å²) in [6.45, 7) is 1.69. The Morgan fingerprint density at radius 3 is 2.95 bits per heavy atom. The van der Waals surface area contributed by atoms with Gasteiger partial charge in [-0.1, -0.05) is 12.1 Å². The van der Waals surface area contributed by atoms with Crippen LogP contribution in [-0.2, 0) is 11.3 Å². The first-order valence-electron chi connectivity index (χ1n) is 6.07. The third kappa shape index (κ3) is 3.27. The fourth-order valence-corrected chi connectivity index (χ4v) is 1.77. The monoisotopic (exact) mass is 283 g/mol. The summed E-state index contributed by atoms with van der Waals surface area (Å²) in [6.07, 6.45) is -2.47. The van der Waals surface area contributed by atoms with Crippen LogP contribution in [0.3, 0.4) is 0 Å². The average molecular weight is 283 g/mol. The lowest BCUT2D eigenvalue weighted by Gasteiger charge is -2.09. The first-order chi connectivity index (χ1) is 9.59. The lowest BCUT2D eigenvalue weighted by Crippen LogP contribution is -2.13. The van der Waals surface area contributed by atoms with Crippen molar-refractivity contribution < 1.29 is 13.5 Å². The first kappa shape index (κ1) is 14.3. The second-order valence-electron chi connectivity index (χ2n) is 4.21. The molecule has 2 aromatic rings. The van der Waals surface area contributed by atoms with Crippen LogP contribution in [0, 0.1) is 6.92 Å². The van der Waals surface area contributed by atoms with Crippen LogP contribution in [0.1, 0.15) is 5.56 Å². The van der Waals surface area contributed by atoms with Crippen molar-refractivity contribution in [2.24, 2.45) is 0 Å². The maximum Gasteiger partial charge on any atom is 0.261 e. The lowest BCUT2D eigenvalue weighted by atomic mass is 10.1. The first-order valence-corrected chi connectivity index (χ1v) is 6.07. The highest BCUT2D eigenvalue weighted by atomic mass is 19.3. The number of tetrazole rings is 1. The normalized spacial score (nSPS) is 11.2. The van der Waals surface area contributed by atoms with Gasteiger partial charge >= 0.3 is 0 Å². The summed E-state index contributed by atoms with van der Waals surface area (Å²) in [7, 11) is 0. The van der Waals surface area contributed by atoms with Crippen LogP contribution in [0.25, 0.3) is 11.4 Å². The molecular formula is C12H15F2N5O. The summed E-state index contributed by atoms with van der Waals surface area (Å²) in [4.78, 5) is 0.